The summed E-state index contributed by atoms with van der Waals surface area (Å²) in [4.78, 5) is 39.7. The van der Waals surface area contributed by atoms with Crippen molar-refractivity contribution in [2.45, 2.75) is 31.8 Å². The largest absolute Gasteiger partial charge is 0.365 e. The van der Waals surface area contributed by atoms with Crippen molar-refractivity contribution in [3.8, 4) is 0 Å². The third kappa shape index (κ3) is 4.15. The number of hydrogen-bond acceptors (Lipinski definition) is 6. The second kappa shape index (κ2) is 8.81. The van der Waals surface area contributed by atoms with E-state index in [9.17, 15) is 14.4 Å². The number of hydrogen-bond donors (Lipinski definition) is 3. The summed E-state index contributed by atoms with van der Waals surface area (Å²) < 4.78 is 0. The van der Waals surface area contributed by atoms with Crippen LogP contribution in [0.25, 0.3) is 0 Å². The first-order chi connectivity index (χ1) is 14.5. The van der Waals surface area contributed by atoms with Gasteiger partial charge in [-0.05, 0) is 54.8 Å². The zero-order valence-electron chi connectivity index (χ0n) is 16.1. The number of aryl methyl sites for hydroxylation is 1. The van der Waals surface area contributed by atoms with Gasteiger partial charge in [0.25, 0.3) is 11.8 Å². The van der Waals surface area contributed by atoms with Crippen molar-refractivity contribution in [2.75, 3.05) is 5.32 Å². The predicted octanol–water partition coefficient (Wildman–Crippen LogP) is 3.84. The molecule has 0 fully saturated rings. The number of primary amides is 1. The molecule has 1 aliphatic carbocycles. The molecule has 0 saturated heterocycles. The Hall–Kier alpha value is -2.97. The standard InChI is InChI=1S/C22H21N3O3S2/c23-19(27)17-14-9-4-5-10-15(14)30-22(17)25-20(18(26)16-11-6-12-29-16)24-21(28)13-7-2-1-3-8-13/h1-3,6-8,11-12,20,25H,4-5,9-10H2,(H2,23,27)(H,24,28)/t20-/m0/s1. The topological polar surface area (TPSA) is 101 Å². The molecule has 4 rings (SSSR count). The van der Waals surface area contributed by atoms with Crippen LogP contribution in [0.1, 0.15) is 53.7 Å². The summed E-state index contributed by atoms with van der Waals surface area (Å²) >= 11 is 2.75. The number of anilines is 1. The Morgan fingerprint density at radius 2 is 1.77 bits per heavy atom. The zero-order valence-corrected chi connectivity index (χ0v) is 17.8. The van der Waals surface area contributed by atoms with Crippen molar-refractivity contribution in [3.05, 3.63) is 74.3 Å². The second-order valence-electron chi connectivity index (χ2n) is 7.04. The average molecular weight is 440 g/mol. The van der Waals surface area contributed by atoms with Crippen LogP contribution < -0.4 is 16.4 Å². The number of carbonyl (C=O) groups is 3. The van der Waals surface area contributed by atoms with Crippen LogP contribution in [-0.2, 0) is 12.8 Å². The highest BCUT2D eigenvalue weighted by molar-refractivity contribution is 7.16. The lowest BCUT2D eigenvalue weighted by molar-refractivity contribution is 0.0871. The van der Waals surface area contributed by atoms with Gasteiger partial charge in [-0.2, -0.15) is 0 Å². The molecule has 8 heteroatoms. The highest BCUT2D eigenvalue weighted by atomic mass is 32.1. The maximum absolute atomic E-state index is 13.1. The molecule has 30 heavy (non-hydrogen) atoms. The van der Waals surface area contributed by atoms with Crippen molar-refractivity contribution >= 4 is 45.3 Å². The van der Waals surface area contributed by atoms with Gasteiger partial charge in [-0.3, -0.25) is 14.4 Å². The van der Waals surface area contributed by atoms with Gasteiger partial charge >= 0.3 is 0 Å². The van der Waals surface area contributed by atoms with E-state index in [0.717, 1.165) is 36.1 Å². The van der Waals surface area contributed by atoms with Crippen LogP contribution in [0.15, 0.2) is 47.8 Å². The van der Waals surface area contributed by atoms with Gasteiger partial charge in [-0.1, -0.05) is 24.3 Å². The fourth-order valence-electron chi connectivity index (χ4n) is 3.59. The van der Waals surface area contributed by atoms with E-state index < -0.39 is 12.1 Å². The number of rotatable bonds is 7. The smallest absolute Gasteiger partial charge is 0.253 e. The first-order valence-corrected chi connectivity index (χ1v) is 11.4. The highest BCUT2D eigenvalue weighted by Gasteiger charge is 2.29. The molecule has 154 valence electrons. The van der Waals surface area contributed by atoms with E-state index in [1.54, 1.807) is 36.4 Å². The van der Waals surface area contributed by atoms with Crippen molar-refractivity contribution in [3.63, 3.8) is 0 Å². The van der Waals surface area contributed by atoms with E-state index in [1.807, 2.05) is 11.4 Å². The van der Waals surface area contributed by atoms with Crippen LogP contribution in [0.2, 0.25) is 0 Å². The lowest BCUT2D eigenvalue weighted by Gasteiger charge is -2.20. The first kappa shape index (κ1) is 20.3. The Morgan fingerprint density at radius 3 is 2.47 bits per heavy atom. The quantitative estimate of drug-likeness (QED) is 0.385. The number of fused-ring (bicyclic) bond motifs is 1. The van der Waals surface area contributed by atoms with E-state index in [1.165, 1.54) is 22.7 Å². The Morgan fingerprint density at radius 1 is 1.00 bits per heavy atom. The minimum atomic E-state index is -1.02. The van der Waals surface area contributed by atoms with Gasteiger partial charge in [-0.25, -0.2) is 0 Å². The van der Waals surface area contributed by atoms with Crippen LogP contribution in [-0.4, -0.2) is 23.8 Å². The molecule has 4 N–H and O–H groups in total. The van der Waals surface area contributed by atoms with Crippen LogP contribution in [0.3, 0.4) is 0 Å². The third-order valence-corrected chi connectivity index (χ3v) is 7.14. The number of nitrogens with two attached hydrogens (primary N) is 1. The van der Waals surface area contributed by atoms with Crippen LogP contribution in [0.5, 0.6) is 0 Å². The van der Waals surface area contributed by atoms with Crippen molar-refractivity contribution in [2.24, 2.45) is 5.73 Å². The number of nitrogens with one attached hydrogen (secondary N) is 2. The summed E-state index contributed by atoms with van der Waals surface area (Å²) in [7, 11) is 0. The molecular weight excluding hydrogens is 418 g/mol. The van der Waals surface area contributed by atoms with Gasteiger partial charge < -0.3 is 16.4 Å². The summed E-state index contributed by atoms with van der Waals surface area (Å²) in [5.74, 6) is -1.16. The monoisotopic (exact) mass is 439 g/mol. The molecule has 1 atom stereocenters. The fraction of sp³-hybridized carbons (Fsp3) is 0.227. The molecule has 0 radical (unpaired) electrons. The summed E-state index contributed by atoms with van der Waals surface area (Å²) in [5, 5.41) is 8.24. The molecule has 1 aromatic carbocycles. The molecule has 2 heterocycles. The summed E-state index contributed by atoms with van der Waals surface area (Å²) in [6, 6.07) is 12.2. The summed E-state index contributed by atoms with van der Waals surface area (Å²) in [6.45, 7) is 0. The number of Topliss-reactive ketones (excluding diaryl/α,β-unsaturated/α-hetero) is 1. The third-order valence-electron chi connectivity index (χ3n) is 5.03. The average Bonchev–Trinajstić information content (AvgIpc) is 3.41. The van der Waals surface area contributed by atoms with Crippen molar-refractivity contribution in [1.29, 1.82) is 0 Å². The molecule has 0 spiro atoms. The molecule has 2 aromatic heterocycles. The zero-order chi connectivity index (χ0) is 21.1. The lowest BCUT2D eigenvalue weighted by atomic mass is 9.95. The lowest BCUT2D eigenvalue weighted by Crippen LogP contribution is -2.46. The Bertz CT molecular complexity index is 1070. The van der Waals surface area contributed by atoms with E-state index >= 15 is 0 Å². The van der Waals surface area contributed by atoms with E-state index in [2.05, 4.69) is 10.6 Å². The number of thiophene rings is 2. The Labute approximate surface area is 182 Å². The van der Waals surface area contributed by atoms with Gasteiger partial charge in [0.05, 0.1) is 10.4 Å². The van der Waals surface area contributed by atoms with Gasteiger partial charge in [-0.15, -0.1) is 22.7 Å². The molecule has 0 unspecified atom stereocenters. The van der Waals surface area contributed by atoms with Gasteiger partial charge in [0, 0.05) is 10.4 Å². The molecule has 0 saturated carbocycles. The van der Waals surface area contributed by atoms with E-state index in [-0.39, 0.29) is 11.7 Å². The predicted molar refractivity (Wildman–Crippen MR) is 119 cm³/mol. The molecule has 0 aliphatic heterocycles. The van der Waals surface area contributed by atoms with Gasteiger partial charge in [0.2, 0.25) is 5.78 Å². The van der Waals surface area contributed by atoms with Gasteiger partial charge in [0.1, 0.15) is 5.00 Å². The number of amides is 2. The summed E-state index contributed by atoms with van der Waals surface area (Å²) in [6.07, 6.45) is 2.74. The van der Waals surface area contributed by atoms with Crippen LogP contribution >= 0.6 is 22.7 Å². The van der Waals surface area contributed by atoms with E-state index in [0.29, 0.717) is 21.0 Å². The highest BCUT2D eigenvalue weighted by Crippen LogP contribution is 2.38. The molecule has 1 aliphatic rings. The van der Waals surface area contributed by atoms with E-state index in [4.69, 9.17) is 5.73 Å². The van der Waals surface area contributed by atoms with Crippen molar-refractivity contribution < 1.29 is 14.4 Å². The molecular formula is C22H21N3O3S2. The van der Waals surface area contributed by atoms with Crippen LogP contribution in [0.4, 0.5) is 5.00 Å². The van der Waals surface area contributed by atoms with Crippen molar-refractivity contribution in [1.82, 2.24) is 5.32 Å². The SMILES string of the molecule is NC(=O)c1c(N[C@H](NC(=O)c2ccccc2)C(=O)c2cccs2)sc2c1CCCC2. The fourth-order valence-corrected chi connectivity index (χ4v) is 5.61. The number of carbonyl (C=O) groups excluding carboxylic acids is 3. The Kier molecular flexibility index (Phi) is 5.96. The Balaban J connectivity index is 1.67. The minimum absolute atomic E-state index is 0.268. The maximum atomic E-state index is 13.1. The normalized spacial score (nSPS) is 13.9. The van der Waals surface area contributed by atoms with Gasteiger partial charge in [0.15, 0.2) is 6.17 Å². The second-order valence-corrected chi connectivity index (χ2v) is 9.09. The molecule has 2 amide bonds. The summed E-state index contributed by atoms with van der Waals surface area (Å²) in [5.41, 5.74) is 7.54. The molecule has 6 nitrogen and oxygen atoms in total. The van der Waals surface area contributed by atoms with Crippen LogP contribution in [0, 0.1) is 0 Å². The molecule has 3 aromatic rings. The number of ketones is 1. The first-order valence-electron chi connectivity index (χ1n) is 9.69. The number of benzene rings is 1. The molecule has 0 bridgehead atoms. The minimum Gasteiger partial charge on any atom is -0.365 e. The maximum Gasteiger partial charge on any atom is 0.253 e.